The molecule has 2 amide bonds. The fraction of sp³-hybridized carbons (Fsp3) is 0.647. The fourth-order valence-electron chi connectivity index (χ4n) is 3.65. The number of nitrogens with zero attached hydrogens (tertiary/aromatic N) is 1. The molecule has 5 nitrogen and oxygen atoms in total. The summed E-state index contributed by atoms with van der Waals surface area (Å²) in [6.45, 7) is 5.57. The molecular formula is C17H23BrN2O3S. The zero-order valence-electron chi connectivity index (χ0n) is 14.2. The van der Waals surface area contributed by atoms with Crippen LogP contribution in [0.1, 0.15) is 56.1 Å². The van der Waals surface area contributed by atoms with Gasteiger partial charge in [0.1, 0.15) is 5.60 Å². The molecule has 132 valence electrons. The minimum Gasteiger partial charge on any atom is -0.444 e. The Morgan fingerprint density at radius 3 is 2.42 bits per heavy atom. The predicted molar refractivity (Wildman–Crippen MR) is 97.4 cm³/mol. The first-order chi connectivity index (χ1) is 11.2. The first kappa shape index (κ1) is 17.7. The lowest BCUT2D eigenvalue weighted by Gasteiger charge is -2.39. The maximum atomic E-state index is 12.8. The van der Waals surface area contributed by atoms with Crippen molar-refractivity contribution in [2.45, 2.75) is 70.2 Å². The summed E-state index contributed by atoms with van der Waals surface area (Å²) >= 11 is 4.88. The Hall–Kier alpha value is -1.08. The molecule has 0 spiro atoms. The summed E-state index contributed by atoms with van der Waals surface area (Å²) < 4.78 is 6.29. The number of amides is 2. The molecular weight excluding hydrogens is 392 g/mol. The normalized spacial score (nSPS) is 26.3. The molecule has 24 heavy (non-hydrogen) atoms. The van der Waals surface area contributed by atoms with E-state index in [2.05, 4.69) is 21.2 Å². The summed E-state index contributed by atoms with van der Waals surface area (Å²) in [5, 5.41) is 4.91. The summed E-state index contributed by atoms with van der Waals surface area (Å²) in [7, 11) is 0. The molecule has 1 aromatic heterocycles. The van der Waals surface area contributed by atoms with Gasteiger partial charge >= 0.3 is 6.09 Å². The van der Waals surface area contributed by atoms with Gasteiger partial charge in [0.15, 0.2) is 0 Å². The number of alkyl carbamates (subject to hydrolysis) is 1. The molecule has 2 saturated heterocycles. The van der Waals surface area contributed by atoms with Crippen LogP contribution in [0.3, 0.4) is 0 Å². The summed E-state index contributed by atoms with van der Waals surface area (Å²) in [4.78, 5) is 27.6. The number of fused-ring (bicyclic) bond motifs is 2. The van der Waals surface area contributed by atoms with Crippen molar-refractivity contribution in [3.63, 3.8) is 0 Å². The molecule has 3 rings (SSSR count). The van der Waals surface area contributed by atoms with Crippen molar-refractivity contribution in [3.05, 3.63) is 20.8 Å². The van der Waals surface area contributed by atoms with Gasteiger partial charge in [-0.1, -0.05) is 0 Å². The largest absolute Gasteiger partial charge is 0.444 e. The SMILES string of the molecule is CC(C)(C)OC(=O)NC1CC2CCC(C1)N2C(=O)c1cc(Br)cs1. The van der Waals surface area contributed by atoms with Gasteiger partial charge in [0, 0.05) is 28.0 Å². The van der Waals surface area contributed by atoms with Gasteiger partial charge in [0.2, 0.25) is 0 Å². The van der Waals surface area contributed by atoms with E-state index in [4.69, 9.17) is 4.74 Å². The van der Waals surface area contributed by atoms with Crippen LogP contribution in [0.15, 0.2) is 15.9 Å². The predicted octanol–water partition coefficient (Wildman–Crippen LogP) is 4.17. The number of thiophene rings is 1. The van der Waals surface area contributed by atoms with Crippen LogP contribution in [0.25, 0.3) is 0 Å². The number of hydrogen-bond donors (Lipinski definition) is 1. The third-order valence-corrected chi connectivity index (χ3v) is 6.15. The van der Waals surface area contributed by atoms with Crippen molar-refractivity contribution in [1.29, 1.82) is 0 Å². The van der Waals surface area contributed by atoms with Gasteiger partial charge in [-0.2, -0.15) is 0 Å². The number of halogens is 1. The molecule has 2 bridgehead atoms. The van der Waals surface area contributed by atoms with E-state index in [0.29, 0.717) is 0 Å². The zero-order chi connectivity index (χ0) is 17.5. The Morgan fingerprint density at radius 2 is 1.92 bits per heavy atom. The van der Waals surface area contributed by atoms with Crippen molar-refractivity contribution >= 4 is 39.3 Å². The summed E-state index contributed by atoms with van der Waals surface area (Å²) in [6.07, 6.45) is 3.25. The van der Waals surface area contributed by atoms with E-state index in [1.54, 1.807) is 0 Å². The monoisotopic (exact) mass is 414 g/mol. The molecule has 3 heterocycles. The lowest BCUT2D eigenvalue weighted by molar-refractivity contribution is 0.0420. The van der Waals surface area contributed by atoms with Crippen LogP contribution in [-0.2, 0) is 4.74 Å². The second kappa shape index (κ2) is 6.67. The standard InChI is InChI=1S/C17H23BrN2O3S/c1-17(2,3)23-16(22)19-11-7-12-4-5-13(8-11)20(12)15(21)14-6-10(18)9-24-14/h6,9,11-13H,4-5,7-8H2,1-3H3,(H,19,22). The Bertz CT molecular complexity index is 626. The van der Waals surface area contributed by atoms with Crippen molar-refractivity contribution in [1.82, 2.24) is 10.2 Å². The second-order valence-electron chi connectivity index (χ2n) is 7.54. The topological polar surface area (TPSA) is 58.6 Å². The maximum absolute atomic E-state index is 12.8. The third kappa shape index (κ3) is 3.94. The highest BCUT2D eigenvalue weighted by atomic mass is 79.9. The number of nitrogens with one attached hydrogen (secondary N) is 1. The Labute approximate surface area is 154 Å². The van der Waals surface area contributed by atoms with E-state index in [0.717, 1.165) is 35.0 Å². The van der Waals surface area contributed by atoms with E-state index in [1.165, 1.54) is 11.3 Å². The molecule has 1 aromatic rings. The number of hydrogen-bond acceptors (Lipinski definition) is 4. The van der Waals surface area contributed by atoms with Crippen LogP contribution < -0.4 is 5.32 Å². The molecule has 2 fully saturated rings. The van der Waals surface area contributed by atoms with Crippen LogP contribution in [0.5, 0.6) is 0 Å². The minimum atomic E-state index is -0.494. The maximum Gasteiger partial charge on any atom is 0.407 e. The lowest BCUT2D eigenvalue weighted by atomic mass is 9.97. The van der Waals surface area contributed by atoms with E-state index >= 15 is 0 Å². The van der Waals surface area contributed by atoms with Crippen molar-refractivity contribution in [2.75, 3.05) is 0 Å². The molecule has 0 aliphatic carbocycles. The van der Waals surface area contributed by atoms with Crippen molar-refractivity contribution < 1.29 is 14.3 Å². The molecule has 2 aliphatic heterocycles. The smallest absolute Gasteiger partial charge is 0.407 e. The van der Waals surface area contributed by atoms with Gasteiger partial charge in [0.05, 0.1) is 4.88 Å². The van der Waals surface area contributed by atoms with Gasteiger partial charge in [0.25, 0.3) is 5.91 Å². The van der Waals surface area contributed by atoms with E-state index in [1.807, 2.05) is 37.1 Å². The number of carbonyl (C=O) groups is 2. The molecule has 0 saturated carbocycles. The fourth-order valence-corrected chi connectivity index (χ4v) is 5.02. The highest BCUT2D eigenvalue weighted by molar-refractivity contribution is 9.10. The van der Waals surface area contributed by atoms with Gasteiger partial charge in [-0.05, 0) is 68.5 Å². The Kier molecular flexibility index (Phi) is 4.93. The first-order valence-electron chi connectivity index (χ1n) is 8.29. The van der Waals surface area contributed by atoms with Gasteiger partial charge in [-0.3, -0.25) is 4.79 Å². The van der Waals surface area contributed by atoms with E-state index in [9.17, 15) is 9.59 Å². The van der Waals surface area contributed by atoms with Crippen molar-refractivity contribution in [2.24, 2.45) is 0 Å². The van der Waals surface area contributed by atoms with Crippen LogP contribution in [0.4, 0.5) is 4.79 Å². The number of carbonyl (C=O) groups excluding carboxylic acids is 2. The molecule has 2 atom stereocenters. The van der Waals surface area contributed by atoms with Crippen LogP contribution >= 0.6 is 27.3 Å². The third-order valence-electron chi connectivity index (χ3n) is 4.47. The molecule has 0 radical (unpaired) electrons. The van der Waals surface area contributed by atoms with Crippen LogP contribution in [0.2, 0.25) is 0 Å². The van der Waals surface area contributed by atoms with Crippen LogP contribution in [0, 0.1) is 0 Å². The Balaban J connectivity index is 1.62. The van der Waals surface area contributed by atoms with Crippen molar-refractivity contribution in [3.8, 4) is 0 Å². The van der Waals surface area contributed by atoms with Gasteiger partial charge < -0.3 is 15.0 Å². The number of rotatable bonds is 2. The number of piperidine rings is 1. The first-order valence-corrected chi connectivity index (χ1v) is 9.96. The summed E-state index contributed by atoms with van der Waals surface area (Å²) in [5.74, 6) is 0.119. The highest BCUT2D eigenvalue weighted by Gasteiger charge is 2.44. The van der Waals surface area contributed by atoms with E-state index in [-0.39, 0.29) is 30.1 Å². The van der Waals surface area contributed by atoms with Gasteiger partial charge in [-0.15, -0.1) is 11.3 Å². The zero-order valence-corrected chi connectivity index (χ0v) is 16.6. The molecule has 7 heteroatoms. The molecule has 0 aromatic carbocycles. The quantitative estimate of drug-likeness (QED) is 0.789. The molecule has 2 aliphatic rings. The Morgan fingerprint density at radius 1 is 1.29 bits per heavy atom. The van der Waals surface area contributed by atoms with Crippen LogP contribution in [-0.4, -0.2) is 40.6 Å². The lowest BCUT2D eigenvalue weighted by Crippen LogP contribution is -2.52. The average molecular weight is 415 g/mol. The second-order valence-corrected chi connectivity index (χ2v) is 9.37. The summed E-state index contributed by atoms with van der Waals surface area (Å²) in [5.41, 5.74) is -0.494. The van der Waals surface area contributed by atoms with Gasteiger partial charge in [-0.25, -0.2) is 4.79 Å². The molecule has 2 unspecified atom stereocenters. The summed E-state index contributed by atoms with van der Waals surface area (Å²) in [6, 6.07) is 2.38. The highest BCUT2D eigenvalue weighted by Crippen LogP contribution is 2.37. The average Bonchev–Trinajstić information content (AvgIpc) is 2.98. The van der Waals surface area contributed by atoms with E-state index < -0.39 is 5.60 Å². The molecule has 1 N–H and O–H groups in total. The minimum absolute atomic E-state index is 0.0801. The number of ether oxygens (including phenoxy) is 1.